The molecular weight excluding hydrogens is 293 g/mol. The van der Waals surface area contributed by atoms with Crippen molar-refractivity contribution in [1.29, 1.82) is 0 Å². The molecule has 0 radical (unpaired) electrons. The number of halogens is 2. The van der Waals surface area contributed by atoms with Crippen LogP contribution in [0.15, 0.2) is 12.1 Å². The topological polar surface area (TPSA) is 28.2 Å². The third kappa shape index (κ3) is 3.78. The first kappa shape index (κ1) is 17.5. The summed E-state index contributed by atoms with van der Waals surface area (Å²) in [4.78, 5) is 7.42. The Morgan fingerprint density at radius 1 is 1.15 bits per heavy atom. The van der Waals surface area contributed by atoms with E-state index in [1.54, 1.807) is 0 Å². The molecule has 0 saturated carbocycles. The van der Waals surface area contributed by atoms with Crippen LogP contribution in [-0.4, -0.2) is 31.2 Å². The van der Waals surface area contributed by atoms with Gasteiger partial charge in [-0.05, 0) is 43.9 Å². The summed E-state index contributed by atoms with van der Waals surface area (Å²) in [7, 11) is 0. The second kappa shape index (κ2) is 8.06. The van der Waals surface area contributed by atoms with E-state index in [1.165, 1.54) is 49.4 Å². The van der Waals surface area contributed by atoms with Crippen molar-refractivity contribution in [2.45, 2.75) is 38.5 Å². The minimum atomic E-state index is 0. The Labute approximate surface area is 134 Å². The van der Waals surface area contributed by atoms with Crippen LogP contribution in [0.1, 0.15) is 43.4 Å². The smallest absolute Gasteiger partial charge is 0.128 e. The van der Waals surface area contributed by atoms with Gasteiger partial charge in [0.15, 0.2) is 0 Å². The van der Waals surface area contributed by atoms with Crippen molar-refractivity contribution in [1.82, 2.24) is 10.3 Å². The summed E-state index contributed by atoms with van der Waals surface area (Å²) in [6.45, 7) is 6.78. The largest absolute Gasteiger partial charge is 0.357 e. The molecule has 2 aliphatic heterocycles. The number of nitrogens with one attached hydrogen (secondary N) is 1. The lowest BCUT2D eigenvalue weighted by Gasteiger charge is -2.28. The SMILES string of the molecule is C[C@H]1CNCCc2ccc(N3CCCCC3)nc21.Cl.Cl. The molecule has 5 heteroatoms. The molecule has 0 aliphatic carbocycles. The van der Waals surface area contributed by atoms with Gasteiger partial charge in [-0.1, -0.05) is 13.0 Å². The molecule has 3 nitrogen and oxygen atoms in total. The molecule has 3 rings (SSSR count). The van der Waals surface area contributed by atoms with Gasteiger partial charge >= 0.3 is 0 Å². The van der Waals surface area contributed by atoms with E-state index in [-0.39, 0.29) is 24.8 Å². The Bertz CT molecular complexity index is 420. The minimum absolute atomic E-state index is 0. The van der Waals surface area contributed by atoms with Gasteiger partial charge < -0.3 is 10.2 Å². The van der Waals surface area contributed by atoms with Gasteiger partial charge in [-0.2, -0.15) is 0 Å². The van der Waals surface area contributed by atoms with E-state index in [4.69, 9.17) is 4.98 Å². The van der Waals surface area contributed by atoms with Crippen LogP contribution in [0, 0.1) is 0 Å². The summed E-state index contributed by atoms with van der Waals surface area (Å²) in [5, 5.41) is 3.49. The maximum absolute atomic E-state index is 4.96. The zero-order valence-electron chi connectivity index (χ0n) is 12.1. The first-order chi connectivity index (χ1) is 8.84. The second-order valence-corrected chi connectivity index (χ2v) is 5.62. The summed E-state index contributed by atoms with van der Waals surface area (Å²) >= 11 is 0. The molecule has 1 fully saturated rings. The Balaban J connectivity index is 0.000001000. The highest BCUT2D eigenvalue weighted by molar-refractivity contribution is 5.85. The molecule has 1 aromatic heterocycles. The first-order valence-corrected chi connectivity index (χ1v) is 7.30. The van der Waals surface area contributed by atoms with Crippen molar-refractivity contribution in [3.63, 3.8) is 0 Å². The highest BCUT2D eigenvalue weighted by Crippen LogP contribution is 2.25. The van der Waals surface area contributed by atoms with Crippen molar-refractivity contribution < 1.29 is 0 Å². The van der Waals surface area contributed by atoms with Crippen LogP contribution in [0.3, 0.4) is 0 Å². The lowest BCUT2D eigenvalue weighted by molar-refractivity contribution is 0.571. The van der Waals surface area contributed by atoms with Gasteiger partial charge in [0.1, 0.15) is 5.82 Å². The van der Waals surface area contributed by atoms with E-state index < -0.39 is 0 Å². The molecule has 0 bridgehead atoms. The quantitative estimate of drug-likeness (QED) is 0.862. The zero-order valence-corrected chi connectivity index (χ0v) is 13.7. The summed E-state index contributed by atoms with van der Waals surface area (Å²) in [5.74, 6) is 1.73. The number of anilines is 1. The van der Waals surface area contributed by atoms with Gasteiger partial charge in [-0.25, -0.2) is 4.98 Å². The van der Waals surface area contributed by atoms with Crippen LogP contribution in [0.25, 0.3) is 0 Å². The van der Waals surface area contributed by atoms with Crippen LogP contribution in [0.2, 0.25) is 0 Å². The molecule has 1 N–H and O–H groups in total. The molecule has 3 heterocycles. The molecule has 0 spiro atoms. The van der Waals surface area contributed by atoms with Gasteiger partial charge in [-0.15, -0.1) is 24.8 Å². The summed E-state index contributed by atoms with van der Waals surface area (Å²) in [6.07, 6.45) is 5.13. The number of hydrogen-bond donors (Lipinski definition) is 1. The van der Waals surface area contributed by atoms with Gasteiger partial charge in [0, 0.05) is 25.6 Å². The molecular formula is C15H25Cl2N3. The second-order valence-electron chi connectivity index (χ2n) is 5.62. The minimum Gasteiger partial charge on any atom is -0.357 e. The highest BCUT2D eigenvalue weighted by atomic mass is 35.5. The Kier molecular flexibility index (Phi) is 7.07. The molecule has 1 aromatic rings. The normalized spacial score (nSPS) is 22.1. The fourth-order valence-electron chi connectivity index (χ4n) is 3.07. The third-order valence-corrected chi connectivity index (χ3v) is 4.17. The van der Waals surface area contributed by atoms with Crippen molar-refractivity contribution in [3.05, 3.63) is 23.4 Å². The summed E-state index contributed by atoms with van der Waals surface area (Å²) in [5.41, 5.74) is 2.76. The monoisotopic (exact) mass is 317 g/mol. The maximum Gasteiger partial charge on any atom is 0.128 e. The van der Waals surface area contributed by atoms with Crippen LogP contribution in [0.4, 0.5) is 5.82 Å². The average molecular weight is 318 g/mol. The number of piperidine rings is 1. The van der Waals surface area contributed by atoms with Crippen LogP contribution in [-0.2, 0) is 6.42 Å². The lowest BCUT2D eigenvalue weighted by atomic mass is 10.0. The van der Waals surface area contributed by atoms with Crippen LogP contribution >= 0.6 is 24.8 Å². The van der Waals surface area contributed by atoms with Crippen LogP contribution in [0.5, 0.6) is 0 Å². The Morgan fingerprint density at radius 2 is 1.90 bits per heavy atom. The predicted octanol–water partition coefficient (Wildman–Crippen LogP) is 3.16. The van der Waals surface area contributed by atoms with E-state index in [0.29, 0.717) is 5.92 Å². The van der Waals surface area contributed by atoms with E-state index >= 15 is 0 Å². The van der Waals surface area contributed by atoms with E-state index in [0.717, 1.165) is 19.5 Å². The number of aromatic nitrogens is 1. The van der Waals surface area contributed by atoms with E-state index in [2.05, 4.69) is 29.3 Å². The van der Waals surface area contributed by atoms with Crippen molar-refractivity contribution in [2.75, 3.05) is 31.1 Å². The predicted molar refractivity (Wildman–Crippen MR) is 89.8 cm³/mol. The maximum atomic E-state index is 4.96. The van der Waals surface area contributed by atoms with Gasteiger partial charge in [0.2, 0.25) is 0 Å². The molecule has 1 atom stereocenters. The fraction of sp³-hybridized carbons (Fsp3) is 0.667. The van der Waals surface area contributed by atoms with Crippen molar-refractivity contribution >= 4 is 30.6 Å². The molecule has 0 aromatic carbocycles. The van der Waals surface area contributed by atoms with Gasteiger partial charge in [0.05, 0.1) is 5.69 Å². The summed E-state index contributed by atoms with van der Waals surface area (Å²) < 4.78 is 0. The number of fused-ring (bicyclic) bond motifs is 1. The van der Waals surface area contributed by atoms with E-state index in [9.17, 15) is 0 Å². The van der Waals surface area contributed by atoms with Gasteiger partial charge in [0.25, 0.3) is 0 Å². The molecule has 2 aliphatic rings. The van der Waals surface area contributed by atoms with E-state index in [1.807, 2.05) is 0 Å². The number of rotatable bonds is 1. The lowest BCUT2D eigenvalue weighted by Crippen LogP contribution is -2.30. The third-order valence-electron chi connectivity index (χ3n) is 4.17. The standard InChI is InChI=1S/C15H23N3.2ClH/c1-12-11-16-8-7-13-5-6-14(17-15(12)13)18-9-3-2-4-10-18;;/h5-6,12,16H,2-4,7-11H2,1H3;2*1H/t12-;;/m0../s1. The fourth-order valence-corrected chi connectivity index (χ4v) is 3.07. The molecule has 114 valence electrons. The molecule has 1 saturated heterocycles. The van der Waals surface area contributed by atoms with Crippen molar-refractivity contribution in [3.8, 4) is 0 Å². The molecule has 0 amide bonds. The Hall–Kier alpha value is -0.510. The van der Waals surface area contributed by atoms with Crippen molar-refractivity contribution in [2.24, 2.45) is 0 Å². The Morgan fingerprint density at radius 3 is 2.65 bits per heavy atom. The van der Waals surface area contributed by atoms with Crippen LogP contribution < -0.4 is 10.2 Å². The number of nitrogens with zero attached hydrogens (tertiary/aromatic N) is 2. The first-order valence-electron chi connectivity index (χ1n) is 7.30. The molecule has 0 unspecified atom stereocenters. The van der Waals surface area contributed by atoms with Gasteiger partial charge in [-0.3, -0.25) is 0 Å². The zero-order chi connectivity index (χ0) is 12.4. The number of pyridine rings is 1. The summed E-state index contributed by atoms with van der Waals surface area (Å²) in [6, 6.07) is 4.53. The molecule has 20 heavy (non-hydrogen) atoms. The number of hydrogen-bond acceptors (Lipinski definition) is 3. The highest BCUT2D eigenvalue weighted by Gasteiger charge is 2.19. The average Bonchev–Trinajstić information content (AvgIpc) is 2.62.